The number of aliphatic hydroxyl groups is 1. The van der Waals surface area contributed by atoms with Crippen LogP contribution >= 0.6 is 0 Å². The number of aliphatic hydroxyl groups excluding tert-OH is 1. The van der Waals surface area contributed by atoms with E-state index in [1.54, 1.807) is 0 Å². The molecule has 1 N–H and O–H groups in total. The van der Waals surface area contributed by atoms with E-state index in [4.69, 9.17) is 39.2 Å². The van der Waals surface area contributed by atoms with Crippen LogP contribution in [0.1, 0.15) is 25.5 Å². The molecular formula is C10H9B5O. The molecule has 1 unspecified atom stereocenters. The van der Waals surface area contributed by atoms with Gasteiger partial charge in [-0.25, -0.2) is 0 Å². The van der Waals surface area contributed by atoms with Crippen molar-refractivity contribution in [3.63, 3.8) is 0 Å². The zero-order valence-corrected chi connectivity index (χ0v) is 9.49. The molecule has 10 radical (unpaired) electrons. The minimum atomic E-state index is -0.815. The Morgan fingerprint density at radius 1 is 0.750 bits per heavy atom. The van der Waals surface area contributed by atoms with Crippen LogP contribution in [-0.4, -0.2) is 44.3 Å². The van der Waals surface area contributed by atoms with Crippen molar-refractivity contribution < 1.29 is 5.11 Å². The highest BCUT2D eigenvalue weighted by Gasteiger charge is 2.19. The first kappa shape index (κ1) is 13.6. The van der Waals surface area contributed by atoms with Gasteiger partial charge in [-0.2, -0.15) is 0 Å². The quantitative estimate of drug-likeness (QED) is 0.487. The van der Waals surface area contributed by atoms with E-state index in [0.29, 0.717) is 5.56 Å². The van der Waals surface area contributed by atoms with E-state index in [1.807, 2.05) is 13.8 Å². The Balaban J connectivity index is 3.51. The van der Waals surface area contributed by atoms with Crippen LogP contribution in [0.5, 0.6) is 0 Å². The third-order valence-electron chi connectivity index (χ3n) is 2.67. The Labute approximate surface area is 103 Å². The maximum absolute atomic E-state index is 9.99. The molecule has 0 heterocycles. The molecule has 0 bridgehead atoms. The lowest BCUT2D eigenvalue weighted by Crippen LogP contribution is -2.57. The van der Waals surface area contributed by atoms with Gasteiger partial charge in [0.1, 0.15) is 39.2 Å². The van der Waals surface area contributed by atoms with Gasteiger partial charge in [0.25, 0.3) is 0 Å². The predicted molar refractivity (Wildman–Crippen MR) is 73.2 cm³/mol. The highest BCUT2D eigenvalue weighted by atomic mass is 16.3. The normalized spacial score (nSPS) is 13.0. The molecule has 0 fully saturated rings. The van der Waals surface area contributed by atoms with Crippen LogP contribution in [-0.2, 0) is 0 Å². The van der Waals surface area contributed by atoms with E-state index < -0.39 is 6.10 Å². The molecule has 0 saturated carbocycles. The molecule has 0 aromatic heterocycles. The van der Waals surface area contributed by atoms with E-state index in [2.05, 4.69) is 0 Å². The lowest BCUT2D eigenvalue weighted by Gasteiger charge is -2.26. The predicted octanol–water partition coefficient (Wildman–Crippen LogP) is -3.65. The van der Waals surface area contributed by atoms with Gasteiger partial charge in [-0.3, -0.25) is 0 Å². The van der Waals surface area contributed by atoms with Crippen molar-refractivity contribution in [1.82, 2.24) is 0 Å². The Hall–Kier alpha value is -0.495. The molecule has 1 nitrogen and oxygen atoms in total. The summed E-state index contributed by atoms with van der Waals surface area (Å²) in [6, 6.07) is 0. The monoisotopic (exact) mass is 200 g/mol. The summed E-state index contributed by atoms with van der Waals surface area (Å²) in [4.78, 5) is 0. The average Bonchev–Trinajstić information content (AvgIpc) is 2.23. The average molecular weight is 199 g/mol. The van der Waals surface area contributed by atoms with Crippen molar-refractivity contribution in [3.8, 4) is 0 Å². The maximum atomic E-state index is 9.99. The van der Waals surface area contributed by atoms with Crippen molar-refractivity contribution in [2.75, 3.05) is 0 Å². The zero-order chi connectivity index (χ0) is 12.6. The van der Waals surface area contributed by atoms with Gasteiger partial charge in [0.2, 0.25) is 0 Å². The number of rotatable bonds is 2. The fraction of sp³-hybridized carbons (Fsp3) is 0.400. The molecule has 70 valence electrons. The van der Waals surface area contributed by atoms with Crippen molar-refractivity contribution in [3.05, 3.63) is 5.56 Å². The summed E-state index contributed by atoms with van der Waals surface area (Å²) in [6.45, 7) is 3.68. The van der Waals surface area contributed by atoms with Crippen LogP contribution in [0, 0.1) is 5.92 Å². The van der Waals surface area contributed by atoms with Crippen molar-refractivity contribution in [2.24, 2.45) is 5.92 Å². The summed E-state index contributed by atoms with van der Waals surface area (Å²) in [7, 11) is 28.6. The van der Waals surface area contributed by atoms with Crippen LogP contribution in [0.25, 0.3) is 0 Å². The van der Waals surface area contributed by atoms with Crippen LogP contribution in [0.3, 0.4) is 0 Å². The van der Waals surface area contributed by atoms with Gasteiger partial charge in [0, 0.05) is 0 Å². The first-order valence-electron chi connectivity index (χ1n) is 4.98. The second-order valence-corrected chi connectivity index (χ2v) is 4.17. The van der Waals surface area contributed by atoms with Crippen molar-refractivity contribution in [2.45, 2.75) is 20.0 Å². The smallest absolute Gasteiger partial charge is 0.113 e. The maximum Gasteiger partial charge on any atom is 0.113 e. The molecule has 16 heavy (non-hydrogen) atoms. The summed E-state index contributed by atoms with van der Waals surface area (Å²) in [6.07, 6.45) is -0.815. The van der Waals surface area contributed by atoms with E-state index >= 15 is 0 Å². The molecule has 1 aromatic carbocycles. The molecule has 1 atom stereocenters. The molecule has 0 aliphatic heterocycles. The first-order chi connectivity index (χ1) is 7.29. The fourth-order valence-corrected chi connectivity index (χ4v) is 1.52. The number of hydrogen-bond acceptors (Lipinski definition) is 1. The minimum Gasteiger partial charge on any atom is -0.388 e. The first-order valence-corrected chi connectivity index (χ1v) is 4.98. The topological polar surface area (TPSA) is 20.2 Å². The van der Waals surface area contributed by atoms with E-state index in [1.165, 1.54) is 0 Å². The highest BCUT2D eigenvalue weighted by Crippen LogP contribution is 2.16. The van der Waals surface area contributed by atoms with Gasteiger partial charge in [0.15, 0.2) is 0 Å². The number of hydrogen-bond donors (Lipinski definition) is 1. The Morgan fingerprint density at radius 2 is 1.06 bits per heavy atom. The molecule has 0 saturated heterocycles. The minimum absolute atomic E-state index is 0.0491. The lowest BCUT2D eigenvalue weighted by atomic mass is 9.59. The lowest BCUT2D eigenvalue weighted by molar-refractivity contribution is 0.129. The summed E-state index contributed by atoms with van der Waals surface area (Å²) in [5.74, 6) is -0.0491. The highest BCUT2D eigenvalue weighted by molar-refractivity contribution is 6.67. The molecule has 0 amide bonds. The molecular weight excluding hydrogens is 190 g/mol. The Morgan fingerprint density at radius 3 is 1.38 bits per heavy atom. The standard InChI is InChI=1S/C10H9B5O/c1-3(2)10(16)4-5(11)7(13)9(15)8(14)6(4)12/h3,10,16H,1-2H3. The molecule has 0 aliphatic carbocycles. The van der Waals surface area contributed by atoms with E-state index in [9.17, 15) is 5.11 Å². The summed E-state index contributed by atoms with van der Waals surface area (Å²) in [5, 5.41) is 9.99. The fourth-order valence-electron chi connectivity index (χ4n) is 1.52. The SMILES string of the molecule is [B]c1c([B])c([B])c(C(O)C(C)C)c([B])c1[B]. The third-order valence-corrected chi connectivity index (χ3v) is 2.67. The second-order valence-electron chi connectivity index (χ2n) is 4.17. The second kappa shape index (κ2) is 4.79. The van der Waals surface area contributed by atoms with Crippen molar-refractivity contribution >= 4 is 66.5 Å². The molecule has 6 heteroatoms. The van der Waals surface area contributed by atoms with E-state index in [-0.39, 0.29) is 33.2 Å². The third kappa shape index (κ3) is 2.13. The van der Waals surface area contributed by atoms with Gasteiger partial charge in [-0.15, -0.1) is 16.4 Å². The van der Waals surface area contributed by atoms with Crippen LogP contribution < -0.4 is 27.3 Å². The summed E-state index contributed by atoms with van der Waals surface area (Å²) >= 11 is 0. The number of benzene rings is 1. The van der Waals surface area contributed by atoms with Crippen LogP contribution in [0.2, 0.25) is 0 Å². The molecule has 0 spiro atoms. The van der Waals surface area contributed by atoms with Gasteiger partial charge in [-0.1, -0.05) is 24.8 Å². The Kier molecular flexibility index (Phi) is 4.06. The van der Waals surface area contributed by atoms with Gasteiger partial charge < -0.3 is 5.11 Å². The van der Waals surface area contributed by atoms with Crippen LogP contribution in [0.4, 0.5) is 0 Å². The summed E-state index contributed by atoms with van der Waals surface area (Å²) < 4.78 is 0. The largest absolute Gasteiger partial charge is 0.388 e. The van der Waals surface area contributed by atoms with Gasteiger partial charge in [0.05, 0.1) is 6.10 Å². The van der Waals surface area contributed by atoms with E-state index in [0.717, 1.165) is 0 Å². The van der Waals surface area contributed by atoms with Gasteiger partial charge in [-0.05, 0) is 11.5 Å². The molecule has 0 aliphatic rings. The Bertz CT molecular complexity index is 387. The molecule has 1 rings (SSSR count). The van der Waals surface area contributed by atoms with Gasteiger partial charge >= 0.3 is 0 Å². The zero-order valence-electron chi connectivity index (χ0n) is 9.49. The van der Waals surface area contributed by atoms with Crippen molar-refractivity contribution in [1.29, 1.82) is 0 Å². The summed E-state index contributed by atoms with van der Waals surface area (Å²) in [5.41, 5.74) is 1.26. The van der Waals surface area contributed by atoms with Crippen LogP contribution in [0.15, 0.2) is 0 Å². The molecule has 1 aromatic rings.